The number of carbonyl (C=O) groups is 2. The summed E-state index contributed by atoms with van der Waals surface area (Å²) in [6.45, 7) is 3.75. The Labute approximate surface area is 112 Å². The monoisotopic (exact) mass is 264 g/mol. The van der Waals surface area contributed by atoms with E-state index in [4.69, 9.17) is 0 Å². The van der Waals surface area contributed by atoms with Crippen LogP contribution < -0.4 is 5.32 Å². The summed E-state index contributed by atoms with van der Waals surface area (Å²) in [4.78, 5) is 23.4. The predicted molar refractivity (Wildman–Crippen MR) is 71.0 cm³/mol. The van der Waals surface area contributed by atoms with Gasteiger partial charge in [-0.2, -0.15) is 0 Å². The van der Waals surface area contributed by atoms with Crippen molar-refractivity contribution in [2.45, 2.75) is 45.2 Å². The number of hydrogen-bond donors (Lipinski definition) is 2. The quantitative estimate of drug-likeness (QED) is 0.826. The van der Waals surface area contributed by atoms with E-state index in [0.717, 1.165) is 12.8 Å². The van der Waals surface area contributed by atoms with Crippen molar-refractivity contribution in [2.24, 2.45) is 5.92 Å². The van der Waals surface area contributed by atoms with Crippen LogP contribution in [0.15, 0.2) is 18.3 Å². The first kappa shape index (κ1) is 13.6. The predicted octanol–water partition coefficient (Wildman–Crippen LogP) is 2.05. The Kier molecular flexibility index (Phi) is 3.93. The third kappa shape index (κ3) is 2.97. The van der Waals surface area contributed by atoms with Gasteiger partial charge in [0, 0.05) is 12.2 Å². The van der Waals surface area contributed by atoms with Crippen molar-refractivity contribution in [3.8, 4) is 0 Å². The van der Waals surface area contributed by atoms with E-state index in [1.54, 1.807) is 6.07 Å². The van der Waals surface area contributed by atoms with Crippen LogP contribution in [-0.4, -0.2) is 27.6 Å². The molecule has 1 aromatic heterocycles. The highest BCUT2D eigenvalue weighted by molar-refractivity contribution is 5.95. The molecule has 0 spiro atoms. The van der Waals surface area contributed by atoms with E-state index < -0.39 is 12.0 Å². The molecule has 104 valence electrons. The van der Waals surface area contributed by atoms with Crippen molar-refractivity contribution in [3.05, 3.63) is 24.0 Å². The largest absolute Gasteiger partial charge is 0.480 e. The Hall–Kier alpha value is -1.78. The van der Waals surface area contributed by atoms with Crippen LogP contribution in [0.25, 0.3) is 0 Å². The second-order valence-electron chi connectivity index (χ2n) is 5.21. The van der Waals surface area contributed by atoms with Crippen LogP contribution in [-0.2, 0) is 4.79 Å². The van der Waals surface area contributed by atoms with E-state index in [1.807, 2.05) is 30.7 Å². The molecule has 1 fully saturated rings. The number of aliphatic carboxylic acids is 1. The van der Waals surface area contributed by atoms with E-state index in [0.29, 0.717) is 18.2 Å². The van der Waals surface area contributed by atoms with Crippen LogP contribution in [0.3, 0.4) is 0 Å². The van der Waals surface area contributed by atoms with Crippen LogP contribution in [0.4, 0.5) is 0 Å². The molecule has 1 amide bonds. The van der Waals surface area contributed by atoms with E-state index in [9.17, 15) is 14.7 Å². The zero-order valence-electron chi connectivity index (χ0n) is 11.3. The van der Waals surface area contributed by atoms with Gasteiger partial charge in [0.25, 0.3) is 5.91 Å². The van der Waals surface area contributed by atoms with Gasteiger partial charge in [-0.15, -0.1) is 0 Å². The number of carboxylic acid groups (broad SMARTS) is 1. The third-order valence-corrected chi connectivity index (χ3v) is 3.72. The van der Waals surface area contributed by atoms with Gasteiger partial charge in [0.15, 0.2) is 0 Å². The van der Waals surface area contributed by atoms with Crippen molar-refractivity contribution >= 4 is 11.9 Å². The van der Waals surface area contributed by atoms with E-state index in [2.05, 4.69) is 5.32 Å². The van der Waals surface area contributed by atoms with Gasteiger partial charge < -0.3 is 15.0 Å². The normalized spacial score (nSPS) is 17.8. The molecule has 1 aliphatic rings. The first-order valence-corrected chi connectivity index (χ1v) is 6.75. The molecule has 1 aliphatic carbocycles. The molecule has 0 aliphatic heterocycles. The summed E-state index contributed by atoms with van der Waals surface area (Å²) in [7, 11) is 0. The van der Waals surface area contributed by atoms with Gasteiger partial charge in [-0.1, -0.05) is 20.3 Å². The summed E-state index contributed by atoms with van der Waals surface area (Å²) in [6.07, 6.45) is 4.76. The maximum atomic E-state index is 12.2. The van der Waals surface area contributed by atoms with Crippen LogP contribution in [0.5, 0.6) is 0 Å². The fraction of sp³-hybridized carbons (Fsp3) is 0.571. The Balaban J connectivity index is 2.10. The molecule has 1 saturated carbocycles. The number of carboxylic acids is 1. The van der Waals surface area contributed by atoms with Gasteiger partial charge in [0.2, 0.25) is 0 Å². The second-order valence-corrected chi connectivity index (χ2v) is 5.21. The smallest absolute Gasteiger partial charge is 0.326 e. The van der Waals surface area contributed by atoms with Gasteiger partial charge in [0.1, 0.15) is 11.7 Å². The van der Waals surface area contributed by atoms with Crippen molar-refractivity contribution in [3.63, 3.8) is 0 Å². The molecule has 0 bridgehead atoms. The molecule has 2 N–H and O–H groups in total. The van der Waals surface area contributed by atoms with Gasteiger partial charge in [-0.25, -0.2) is 4.79 Å². The topological polar surface area (TPSA) is 71.3 Å². The molecular formula is C14H20N2O3. The molecule has 5 heteroatoms. The minimum absolute atomic E-state index is 0.0919. The minimum Gasteiger partial charge on any atom is -0.480 e. The highest BCUT2D eigenvalue weighted by atomic mass is 16.4. The average molecular weight is 264 g/mol. The fourth-order valence-electron chi connectivity index (χ4n) is 2.16. The lowest BCUT2D eigenvalue weighted by Crippen LogP contribution is -2.45. The summed E-state index contributed by atoms with van der Waals surface area (Å²) in [5, 5.41) is 11.8. The standard InChI is InChI=1S/C14H20N2O3/c1-3-9(2)12(14(18)19)15-13(17)11-5-4-8-16(11)10-6-7-10/h4-5,8-10,12H,3,6-7H2,1-2H3,(H,15,17)(H,18,19). The molecule has 0 aromatic carbocycles. The number of nitrogens with zero attached hydrogens (tertiary/aromatic N) is 1. The van der Waals surface area contributed by atoms with E-state index in [-0.39, 0.29) is 11.8 Å². The SMILES string of the molecule is CCC(C)C(NC(=O)c1cccn1C1CC1)C(=O)O. The zero-order valence-corrected chi connectivity index (χ0v) is 11.3. The third-order valence-electron chi connectivity index (χ3n) is 3.72. The number of carbonyl (C=O) groups excluding carboxylic acids is 1. The Morgan fingerprint density at radius 3 is 2.74 bits per heavy atom. The first-order chi connectivity index (χ1) is 9.04. The molecule has 5 nitrogen and oxygen atoms in total. The maximum absolute atomic E-state index is 12.2. The number of amides is 1. The van der Waals surface area contributed by atoms with Crippen LogP contribution in [0.2, 0.25) is 0 Å². The lowest BCUT2D eigenvalue weighted by Gasteiger charge is -2.20. The molecule has 2 atom stereocenters. The lowest BCUT2D eigenvalue weighted by atomic mass is 9.99. The molecule has 1 heterocycles. The fourth-order valence-corrected chi connectivity index (χ4v) is 2.16. The van der Waals surface area contributed by atoms with E-state index in [1.165, 1.54) is 0 Å². The zero-order chi connectivity index (χ0) is 14.0. The number of nitrogens with one attached hydrogen (secondary N) is 1. The Morgan fingerprint density at radius 2 is 2.21 bits per heavy atom. The van der Waals surface area contributed by atoms with Crippen molar-refractivity contribution in [1.82, 2.24) is 9.88 Å². The molecule has 0 radical (unpaired) electrons. The van der Waals surface area contributed by atoms with Crippen LogP contribution in [0, 0.1) is 5.92 Å². The van der Waals surface area contributed by atoms with Gasteiger partial charge >= 0.3 is 5.97 Å². The molecule has 19 heavy (non-hydrogen) atoms. The average Bonchev–Trinajstić information content (AvgIpc) is 3.11. The van der Waals surface area contributed by atoms with Crippen LogP contribution >= 0.6 is 0 Å². The summed E-state index contributed by atoms with van der Waals surface area (Å²) in [5.74, 6) is -1.37. The molecule has 1 aromatic rings. The van der Waals surface area contributed by atoms with E-state index >= 15 is 0 Å². The number of hydrogen-bond acceptors (Lipinski definition) is 2. The molecule has 2 unspecified atom stereocenters. The Bertz CT molecular complexity index is 477. The number of rotatable bonds is 6. The maximum Gasteiger partial charge on any atom is 0.326 e. The summed E-state index contributed by atoms with van der Waals surface area (Å²) >= 11 is 0. The number of aromatic nitrogens is 1. The van der Waals surface area contributed by atoms with Crippen molar-refractivity contribution in [1.29, 1.82) is 0 Å². The minimum atomic E-state index is -0.979. The highest BCUT2D eigenvalue weighted by Gasteiger charge is 2.30. The van der Waals surface area contributed by atoms with Gasteiger partial charge in [0.05, 0.1) is 0 Å². The van der Waals surface area contributed by atoms with Gasteiger partial charge in [-0.3, -0.25) is 4.79 Å². The molecule has 2 rings (SSSR count). The second kappa shape index (κ2) is 5.47. The first-order valence-electron chi connectivity index (χ1n) is 6.75. The molecular weight excluding hydrogens is 244 g/mol. The van der Waals surface area contributed by atoms with Crippen molar-refractivity contribution < 1.29 is 14.7 Å². The summed E-state index contributed by atoms with van der Waals surface area (Å²) in [5.41, 5.74) is 0.553. The van der Waals surface area contributed by atoms with Gasteiger partial charge in [-0.05, 0) is 30.9 Å². The lowest BCUT2D eigenvalue weighted by molar-refractivity contribution is -0.140. The Morgan fingerprint density at radius 1 is 1.53 bits per heavy atom. The molecule has 0 saturated heterocycles. The summed E-state index contributed by atoms with van der Waals surface area (Å²) < 4.78 is 1.94. The summed E-state index contributed by atoms with van der Waals surface area (Å²) in [6, 6.07) is 3.14. The highest BCUT2D eigenvalue weighted by Crippen LogP contribution is 2.36. The van der Waals surface area contributed by atoms with Crippen molar-refractivity contribution in [2.75, 3.05) is 0 Å². The van der Waals surface area contributed by atoms with Crippen LogP contribution in [0.1, 0.15) is 49.6 Å².